The molecule has 33 heavy (non-hydrogen) atoms. The highest BCUT2D eigenvalue weighted by molar-refractivity contribution is 6.29. The Morgan fingerprint density at radius 3 is 2.52 bits per heavy atom. The fraction of sp³-hybridized carbons (Fsp3) is 0.542. The first-order valence-electron chi connectivity index (χ1n) is 11.2. The first kappa shape index (κ1) is 21.0. The number of nitrogens with zero attached hydrogens (tertiary/aromatic N) is 1. The van der Waals surface area contributed by atoms with Crippen LogP contribution in [0.4, 0.5) is 0 Å². The second-order valence-electron chi connectivity index (χ2n) is 9.95. The number of esters is 1. The number of phenols is 1. The molecule has 1 aliphatic carbocycles. The number of aliphatic hydroxyl groups is 1. The Labute approximate surface area is 189 Å². The summed E-state index contributed by atoms with van der Waals surface area (Å²) in [5.74, 6) is -1.79. The molecule has 2 bridgehead atoms. The van der Waals surface area contributed by atoms with Crippen molar-refractivity contribution in [3.05, 3.63) is 39.5 Å². The first-order valence-corrected chi connectivity index (χ1v) is 11.2. The fourth-order valence-corrected chi connectivity index (χ4v) is 6.35. The van der Waals surface area contributed by atoms with Gasteiger partial charge in [-0.15, -0.1) is 0 Å². The highest BCUT2D eigenvalue weighted by Gasteiger charge is 2.59. The van der Waals surface area contributed by atoms with Crippen molar-refractivity contribution in [2.24, 2.45) is 0 Å². The molecule has 0 amide bonds. The summed E-state index contributed by atoms with van der Waals surface area (Å²) in [6.45, 7) is 3.40. The fourth-order valence-electron chi connectivity index (χ4n) is 6.35. The maximum Gasteiger partial charge on any atom is 0.309 e. The molecule has 0 unspecified atom stereocenters. The van der Waals surface area contributed by atoms with Crippen LogP contribution in [0.2, 0.25) is 0 Å². The minimum Gasteiger partial charge on any atom is -0.507 e. The molecular formula is C24H25NO8. The van der Waals surface area contributed by atoms with Crippen molar-refractivity contribution in [2.75, 3.05) is 14.1 Å². The zero-order valence-corrected chi connectivity index (χ0v) is 18.7. The van der Waals surface area contributed by atoms with Gasteiger partial charge in [0.2, 0.25) is 0 Å². The topological polar surface area (TPSA) is 123 Å². The van der Waals surface area contributed by atoms with Crippen molar-refractivity contribution in [1.82, 2.24) is 4.90 Å². The third-order valence-corrected chi connectivity index (χ3v) is 7.91. The molecule has 1 aromatic rings. The quantitative estimate of drug-likeness (QED) is 0.601. The number of fused-ring (bicyclic) bond motifs is 9. The number of hydrogen-bond acceptors (Lipinski definition) is 9. The molecule has 4 heterocycles. The van der Waals surface area contributed by atoms with Gasteiger partial charge in [-0.25, -0.2) is 0 Å². The average molecular weight is 455 g/mol. The molecule has 2 N–H and O–H groups in total. The highest BCUT2D eigenvalue weighted by Crippen LogP contribution is 2.57. The number of carbonyl (C=O) groups excluding carboxylic acids is 3. The van der Waals surface area contributed by atoms with E-state index in [1.807, 2.05) is 19.0 Å². The van der Waals surface area contributed by atoms with Crippen LogP contribution < -0.4 is 0 Å². The van der Waals surface area contributed by atoms with Gasteiger partial charge in [-0.3, -0.25) is 14.4 Å². The van der Waals surface area contributed by atoms with Crippen LogP contribution in [-0.2, 0) is 24.6 Å². The van der Waals surface area contributed by atoms with Crippen LogP contribution in [0.1, 0.15) is 64.6 Å². The minimum absolute atomic E-state index is 0.0127. The molecule has 0 aromatic heterocycles. The Bertz CT molecular complexity index is 1190. The molecule has 7 atom stereocenters. The number of ketones is 2. The van der Waals surface area contributed by atoms with Gasteiger partial charge >= 0.3 is 5.97 Å². The number of carbonyl (C=O) groups is 3. The molecule has 0 spiro atoms. The van der Waals surface area contributed by atoms with Crippen molar-refractivity contribution in [2.45, 2.75) is 68.9 Å². The van der Waals surface area contributed by atoms with Crippen molar-refractivity contribution in [1.29, 1.82) is 0 Å². The second-order valence-corrected chi connectivity index (χ2v) is 9.95. The van der Waals surface area contributed by atoms with Crippen molar-refractivity contribution in [3.63, 3.8) is 0 Å². The Morgan fingerprint density at radius 1 is 1.12 bits per heavy atom. The third-order valence-electron chi connectivity index (χ3n) is 7.91. The van der Waals surface area contributed by atoms with Crippen molar-refractivity contribution in [3.8, 4) is 5.75 Å². The predicted molar refractivity (Wildman–Crippen MR) is 112 cm³/mol. The number of aliphatic hydroxyl groups excluding tert-OH is 1. The monoisotopic (exact) mass is 455 g/mol. The van der Waals surface area contributed by atoms with Crippen LogP contribution in [-0.4, -0.2) is 77.2 Å². The van der Waals surface area contributed by atoms with E-state index < -0.39 is 53.7 Å². The molecule has 9 heteroatoms. The number of rotatable bonds is 1. The summed E-state index contributed by atoms with van der Waals surface area (Å²) in [6.07, 6.45) is -3.32. The van der Waals surface area contributed by atoms with Crippen LogP contribution >= 0.6 is 0 Å². The lowest BCUT2D eigenvalue weighted by molar-refractivity contribution is -0.194. The molecule has 174 valence electrons. The molecule has 2 fully saturated rings. The van der Waals surface area contributed by atoms with E-state index in [2.05, 4.69) is 0 Å². The summed E-state index contributed by atoms with van der Waals surface area (Å²) in [6, 6.07) is 1.20. The number of Topliss-reactive ketones (excluding diaryl/α,β-unsaturated/α-hetero) is 2. The van der Waals surface area contributed by atoms with Crippen molar-refractivity contribution >= 4 is 17.5 Å². The molecule has 0 radical (unpaired) electrons. The number of ether oxygens (including phenoxy) is 3. The Kier molecular flexibility index (Phi) is 4.13. The van der Waals surface area contributed by atoms with E-state index in [4.69, 9.17) is 14.2 Å². The summed E-state index contributed by atoms with van der Waals surface area (Å²) < 4.78 is 17.5. The Balaban J connectivity index is 1.58. The van der Waals surface area contributed by atoms with Crippen LogP contribution in [0.3, 0.4) is 0 Å². The van der Waals surface area contributed by atoms with Crippen molar-refractivity contribution < 1.29 is 38.8 Å². The zero-order chi connectivity index (χ0) is 23.6. The maximum absolute atomic E-state index is 14.0. The molecule has 6 rings (SSSR count). The lowest BCUT2D eigenvalue weighted by atomic mass is 9.73. The molecule has 2 saturated heterocycles. The van der Waals surface area contributed by atoms with Gasteiger partial charge in [-0.1, -0.05) is 0 Å². The lowest BCUT2D eigenvalue weighted by Crippen LogP contribution is -2.53. The Morgan fingerprint density at radius 2 is 1.82 bits per heavy atom. The van der Waals surface area contributed by atoms with Crippen LogP contribution in [0.25, 0.3) is 0 Å². The van der Waals surface area contributed by atoms with E-state index in [1.54, 1.807) is 13.8 Å². The second kappa shape index (κ2) is 6.50. The standard InChI is InChI=1S/C24H25NO8/c1-8-15-19(22-13(31-8)7-14(27)32-22)21(29)18-16-9(5-11(26)17(18)20(15)28)24(2)23(30)10(25(3)4)6-12(16)33-24/h5,8,10,12-13,22-23,26,30H,6-7H2,1-4H3/t8-,10+,12+,13-,22+,23+,24+/m0/s1. The van der Waals surface area contributed by atoms with Gasteiger partial charge in [0, 0.05) is 17.2 Å². The average Bonchev–Trinajstić information content (AvgIpc) is 3.22. The summed E-state index contributed by atoms with van der Waals surface area (Å²) in [7, 11) is 3.73. The van der Waals surface area contributed by atoms with Gasteiger partial charge in [0.25, 0.3) is 0 Å². The summed E-state index contributed by atoms with van der Waals surface area (Å²) in [5.41, 5.74) is 0.146. The number of aromatic hydroxyl groups is 1. The van der Waals surface area contributed by atoms with Gasteiger partial charge in [0.1, 0.15) is 23.6 Å². The first-order chi connectivity index (χ1) is 15.5. The number of likely N-dealkylation sites (N-methyl/N-ethyl adjacent to an activating group) is 1. The summed E-state index contributed by atoms with van der Waals surface area (Å²) in [4.78, 5) is 41.5. The molecule has 0 saturated carbocycles. The number of hydrogen-bond donors (Lipinski definition) is 2. The lowest BCUT2D eigenvalue weighted by Gasteiger charge is -2.43. The maximum atomic E-state index is 14.0. The molecule has 1 aromatic carbocycles. The van der Waals surface area contributed by atoms with E-state index >= 15 is 0 Å². The molecular weight excluding hydrogens is 430 g/mol. The van der Waals surface area contributed by atoms with Gasteiger partial charge in [-0.05, 0) is 51.6 Å². The van der Waals surface area contributed by atoms with Gasteiger partial charge < -0.3 is 29.3 Å². The van der Waals surface area contributed by atoms with Crippen LogP contribution in [0.5, 0.6) is 5.75 Å². The van der Waals surface area contributed by atoms with E-state index in [-0.39, 0.29) is 40.5 Å². The molecule has 9 nitrogen and oxygen atoms in total. The SMILES string of the molecule is C[C@@H]1O[C@H]2CC(=O)O[C@H]2C2=C1C(=O)c1c(O)cc3c(c1C2=O)[C@H]1C[C@@H](N(C)C)[C@@H](O)[C@]3(C)O1. The van der Waals surface area contributed by atoms with Crippen LogP contribution in [0.15, 0.2) is 17.2 Å². The predicted octanol–water partition coefficient (Wildman–Crippen LogP) is 1.15. The Hall–Kier alpha value is -2.59. The van der Waals surface area contributed by atoms with Crippen LogP contribution in [0, 0.1) is 0 Å². The summed E-state index contributed by atoms with van der Waals surface area (Å²) >= 11 is 0. The third kappa shape index (κ3) is 2.48. The molecule has 4 aliphatic heterocycles. The number of benzene rings is 1. The zero-order valence-electron chi connectivity index (χ0n) is 18.7. The largest absolute Gasteiger partial charge is 0.507 e. The van der Waals surface area contributed by atoms with Gasteiger partial charge in [0.05, 0.1) is 29.8 Å². The normalized spacial score (nSPS) is 38.8. The smallest absolute Gasteiger partial charge is 0.309 e. The van der Waals surface area contributed by atoms with E-state index in [0.29, 0.717) is 17.5 Å². The van der Waals surface area contributed by atoms with E-state index in [1.165, 1.54) is 6.07 Å². The van der Waals surface area contributed by atoms with E-state index in [0.717, 1.165) is 0 Å². The van der Waals surface area contributed by atoms with E-state index in [9.17, 15) is 24.6 Å². The highest BCUT2D eigenvalue weighted by atomic mass is 16.6. The molecule has 5 aliphatic rings. The minimum atomic E-state index is -1.15. The summed E-state index contributed by atoms with van der Waals surface area (Å²) in [5, 5.41) is 22.1. The number of phenolic OH excluding ortho intramolecular Hbond substituents is 1. The van der Waals surface area contributed by atoms with Gasteiger partial charge in [-0.2, -0.15) is 0 Å². The van der Waals surface area contributed by atoms with Gasteiger partial charge in [0.15, 0.2) is 17.7 Å².